The number of aromatic hydroxyl groups is 2. The summed E-state index contributed by atoms with van der Waals surface area (Å²) in [5, 5.41) is 19.1. The van der Waals surface area contributed by atoms with Crippen molar-refractivity contribution < 1.29 is 10.2 Å². The van der Waals surface area contributed by atoms with Crippen molar-refractivity contribution in [3.05, 3.63) is 23.3 Å². The maximum Gasteiger partial charge on any atom is 0.157 e. The molecule has 17 heavy (non-hydrogen) atoms. The Hall–Kier alpha value is -1.18. The molecule has 0 atom stereocenters. The molecule has 0 heterocycles. The van der Waals surface area contributed by atoms with Gasteiger partial charge in [-0.1, -0.05) is 34.6 Å². The lowest BCUT2D eigenvalue weighted by atomic mass is 9.71. The van der Waals surface area contributed by atoms with Crippen molar-refractivity contribution in [2.45, 2.75) is 53.4 Å². The molecular formula is C15H24O2. The van der Waals surface area contributed by atoms with Gasteiger partial charge in [0.05, 0.1) is 0 Å². The van der Waals surface area contributed by atoms with Crippen LogP contribution < -0.4 is 0 Å². The first-order chi connectivity index (χ1) is 7.53. The summed E-state index contributed by atoms with van der Waals surface area (Å²) in [7, 11) is 0. The summed E-state index contributed by atoms with van der Waals surface area (Å²) in [5.74, 6) is -0.0783. The molecule has 0 bridgehead atoms. The number of benzene rings is 1. The molecule has 0 spiro atoms. The third-order valence-corrected chi connectivity index (χ3v) is 3.02. The largest absolute Gasteiger partial charge is 0.504 e. The molecule has 0 saturated carbocycles. The Balaban J connectivity index is 3.19. The standard InChI is InChI=1S/C15H24O2/c1-10-7-12(16)13(17)8-11(10)15(5,6)9-14(2,3)4/h7-8,16-17H,9H2,1-6H3. The lowest BCUT2D eigenvalue weighted by molar-refractivity contribution is 0.282. The van der Waals surface area contributed by atoms with Gasteiger partial charge >= 0.3 is 0 Å². The zero-order chi connectivity index (χ0) is 13.4. The zero-order valence-corrected chi connectivity index (χ0v) is 11.8. The highest BCUT2D eigenvalue weighted by atomic mass is 16.3. The minimum absolute atomic E-state index is 0.0203. The number of phenolic OH excluding ortho intramolecular Hbond substituents is 2. The summed E-state index contributed by atoms with van der Waals surface area (Å²) >= 11 is 0. The van der Waals surface area contributed by atoms with Crippen molar-refractivity contribution in [3.63, 3.8) is 0 Å². The van der Waals surface area contributed by atoms with E-state index >= 15 is 0 Å². The minimum atomic E-state index is -0.0437. The summed E-state index contributed by atoms with van der Waals surface area (Å²) in [6.45, 7) is 13.0. The fourth-order valence-corrected chi connectivity index (χ4v) is 2.83. The highest BCUT2D eigenvalue weighted by molar-refractivity contribution is 5.47. The third kappa shape index (κ3) is 3.39. The van der Waals surface area contributed by atoms with E-state index in [0.717, 1.165) is 17.5 Å². The van der Waals surface area contributed by atoms with Crippen molar-refractivity contribution in [2.24, 2.45) is 5.41 Å². The van der Waals surface area contributed by atoms with E-state index in [1.165, 1.54) is 0 Å². The molecule has 0 unspecified atom stereocenters. The van der Waals surface area contributed by atoms with Gasteiger partial charge in [0.2, 0.25) is 0 Å². The molecule has 1 aromatic carbocycles. The molecule has 0 saturated heterocycles. The zero-order valence-electron chi connectivity index (χ0n) is 11.8. The molecule has 0 aromatic heterocycles. The van der Waals surface area contributed by atoms with Crippen molar-refractivity contribution in [3.8, 4) is 11.5 Å². The number of aryl methyl sites for hydroxylation is 1. The van der Waals surface area contributed by atoms with Gasteiger partial charge in [-0.25, -0.2) is 0 Å². The quantitative estimate of drug-likeness (QED) is 0.758. The summed E-state index contributed by atoms with van der Waals surface area (Å²) in [5.41, 5.74) is 2.33. The second-order valence-corrected chi connectivity index (χ2v) is 6.78. The molecule has 1 rings (SSSR count). The Bertz CT molecular complexity index is 412. The average molecular weight is 236 g/mol. The van der Waals surface area contributed by atoms with Crippen molar-refractivity contribution >= 4 is 0 Å². The Kier molecular flexibility index (Phi) is 3.47. The Morgan fingerprint density at radius 3 is 1.88 bits per heavy atom. The molecule has 1 aromatic rings. The molecule has 0 amide bonds. The predicted octanol–water partition coefficient (Wildman–Crippen LogP) is 4.12. The first-order valence-electron chi connectivity index (χ1n) is 6.06. The van der Waals surface area contributed by atoms with E-state index < -0.39 is 0 Å². The van der Waals surface area contributed by atoms with E-state index in [0.29, 0.717) is 0 Å². The van der Waals surface area contributed by atoms with E-state index in [9.17, 15) is 10.2 Å². The molecule has 0 aliphatic heterocycles. The van der Waals surface area contributed by atoms with Gasteiger partial charge in [0.25, 0.3) is 0 Å². The second-order valence-electron chi connectivity index (χ2n) is 6.78. The monoisotopic (exact) mass is 236 g/mol. The molecular weight excluding hydrogens is 212 g/mol. The van der Waals surface area contributed by atoms with Crippen LogP contribution in [0.5, 0.6) is 11.5 Å². The third-order valence-electron chi connectivity index (χ3n) is 3.02. The van der Waals surface area contributed by atoms with Crippen LogP contribution in [0, 0.1) is 12.3 Å². The molecule has 0 radical (unpaired) electrons. The fourth-order valence-electron chi connectivity index (χ4n) is 2.83. The average Bonchev–Trinajstić information content (AvgIpc) is 2.06. The van der Waals surface area contributed by atoms with E-state index in [2.05, 4.69) is 34.6 Å². The summed E-state index contributed by atoms with van der Waals surface area (Å²) in [6.07, 6.45) is 1.02. The van der Waals surface area contributed by atoms with Crippen molar-refractivity contribution in [2.75, 3.05) is 0 Å². The van der Waals surface area contributed by atoms with Gasteiger partial charge in [0.15, 0.2) is 11.5 Å². The molecule has 96 valence electrons. The SMILES string of the molecule is Cc1cc(O)c(O)cc1C(C)(C)CC(C)(C)C. The van der Waals surface area contributed by atoms with Crippen LogP contribution in [0.3, 0.4) is 0 Å². The van der Waals surface area contributed by atoms with Crippen LogP contribution in [0.1, 0.15) is 52.2 Å². The fraction of sp³-hybridized carbons (Fsp3) is 0.600. The first kappa shape index (κ1) is 13.9. The van der Waals surface area contributed by atoms with Crippen molar-refractivity contribution in [1.82, 2.24) is 0 Å². The number of rotatable bonds is 2. The summed E-state index contributed by atoms with van der Waals surface area (Å²) in [6, 6.07) is 3.32. The second kappa shape index (κ2) is 4.25. The van der Waals surface area contributed by atoms with Gasteiger partial charge in [0.1, 0.15) is 0 Å². The van der Waals surface area contributed by atoms with Crippen LogP contribution in [0.4, 0.5) is 0 Å². The Labute approximate surface area is 104 Å². The highest BCUT2D eigenvalue weighted by Gasteiger charge is 2.29. The molecule has 2 N–H and O–H groups in total. The van der Waals surface area contributed by atoms with Crippen LogP contribution in [0.2, 0.25) is 0 Å². The molecule has 2 heteroatoms. The summed E-state index contributed by atoms with van der Waals surface area (Å²) in [4.78, 5) is 0. The van der Waals surface area contributed by atoms with Gasteiger partial charge in [-0.05, 0) is 47.4 Å². The minimum Gasteiger partial charge on any atom is -0.504 e. The van der Waals surface area contributed by atoms with Gasteiger partial charge in [0, 0.05) is 0 Å². The van der Waals surface area contributed by atoms with E-state index in [1.54, 1.807) is 12.1 Å². The van der Waals surface area contributed by atoms with E-state index in [1.807, 2.05) is 6.92 Å². The van der Waals surface area contributed by atoms with Crippen molar-refractivity contribution in [1.29, 1.82) is 0 Å². The van der Waals surface area contributed by atoms with Crippen LogP contribution in [-0.2, 0) is 5.41 Å². The van der Waals surface area contributed by atoms with Gasteiger partial charge in [-0.2, -0.15) is 0 Å². The van der Waals surface area contributed by atoms with Crippen LogP contribution in [-0.4, -0.2) is 10.2 Å². The first-order valence-corrected chi connectivity index (χ1v) is 6.06. The number of phenols is 2. The van der Waals surface area contributed by atoms with Crippen LogP contribution in [0.25, 0.3) is 0 Å². The van der Waals surface area contributed by atoms with E-state index in [-0.39, 0.29) is 22.3 Å². The lowest BCUT2D eigenvalue weighted by Crippen LogP contribution is -2.25. The molecule has 0 aliphatic carbocycles. The van der Waals surface area contributed by atoms with Crippen LogP contribution >= 0.6 is 0 Å². The smallest absolute Gasteiger partial charge is 0.157 e. The number of hydrogen-bond acceptors (Lipinski definition) is 2. The maximum atomic E-state index is 9.64. The lowest BCUT2D eigenvalue weighted by Gasteiger charge is -2.34. The van der Waals surface area contributed by atoms with Crippen LogP contribution in [0.15, 0.2) is 12.1 Å². The predicted molar refractivity (Wildman–Crippen MR) is 71.6 cm³/mol. The van der Waals surface area contributed by atoms with Gasteiger partial charge in [-0.3, -0.25) is 0 Å². The topological polar surface area (TPSA) is 40.5 Å². The Morgan fingerprint density at radius 1 is 0.941 bits per heavy atom. The van der Waals surface area contributed by atoms with Gasteiger partial charge < -0.3 is 10.2 Å². The van der Waals surface area contributed by atoms with E-state index in [4.69, 9.17) is 0 Å². The molecule has 0 aliphatic rings. The molecule has 0 fully saturated rings. The summed E-state index contributed by atoms with van der Waals surface area (Å²) < 4.78 is 0. The Morgan fingerprint density at radius 2 is 1.41 bits per heavy atom. The maximum absolute atomic E-state index is 9.64. The van der Waals surface area contributed by atoms with Gasteiger partial charge in [-0.15, -0.1) is 0 Å². The normalized spacial score (nSPS) is 12.8. The highest BCUT2D eigenvalue weighted by Crippen LogP contribution is 2.40. The number of hydrogen-bond donors (Lipinski definition) is 2. The molecule has 2 nitrogen and oxygen atoms in total.